The van der Waals surface area contributed by atoms with E-state index in [4.69, 9.17) is 0 Å². The van der Waals surface area contributed by atoms with E-state index in [2.05, 4.69) is 5.32 Å². The number of benzene rings is 3. The van der Waals surface area contributed by atoms with Crippen LogP contribution >= 0.6 is 0 Å². The summed E-state index contributed by atoms with van der Waals surface area (Å²) < 4.78 is 0. The van der Waals surface area contributed by atoms with Gasteiger partial charge in [-0.25, -0.2) is 0 Å². The van der Waals surface area contributed by atoms with Crippen molar-refractivity contribution in [3.05, 3.63) is 106 Å². The highest BCUT2D eigenvalue weighted by molar-refractivity contribution is 6.25. The molecule has 0 aliphatic carbocycles. The summed E-state index contributed by atoms with van der Waals surface area (Å²) >= 11 is 0. The number of imide groups is 1. The van der Waals surface area contributed by atoms with Crippen LogP contribution in [0.5, 0.6) is 0 Å². The van der Waals surface area contributed by atoms with Gasteiger partial charge < -0.3 is 10.2 Å². The second-order valence-electron chi connectivity index (χ2n) is 8.85. The monoisotopic (exact) mass is 451 g/mol. The second-order valence-corrected chi connectivity index (χ2v) is 8.85. The smallest absolute Gasteiger partial charge is 0.277 e. The van der Waals surface area contributed by atoms with Gasteiger partial charge in [0.2, 0.25) is 5.91 Å². The van der Waals surface area contributed by atoms with Gasteiger partial charge in [0.25, 0.3) is 11.8 Å². The summed E-state index contributed by atoms with van der Waals surface area (Å²) in [7, 11) is 1.45. The van der Waals surface area contributed by atoms with Crippen LogP contribution in [0.2, 0.25) is 0 Å². The molecule has 0 fully saturated rings. The molecular formula is C28H25N3O3. The predicted octanol–water partition coefficient (Wildman–Crippen LogP) is 4.30. The standard InChI is InChI=1S/C28H25N3O3/c1-17-9-12-20(13-10-17)29-25-24(26(32)30(3)28(25)34)23-21-15-18(2)11-14-22(21)31(27(23)33)16-19-7-5-4-6-8-19/h4-15,23,29H,16H2,1-3H3. The molecule has 0 saturated heterocycles. The Kier molecular flexibility index (Phi) is 5.28. The van der Waals surface area contributed by atoms with Gasteiger partial charge in [0.15, 0.2) is 0 Å². The van der Waals surface area contributed by atoms with E-state index in [1.54, 1.807) is 4.90 Å². The molecule has 170 valence electrons. The zero-order valence-corrected chi connectivity index (χ0v) is 19.3. The Balaban J connectivity index is 1.62. The lowest BCUT2D eigenvalue weighted by molar-refractivity contribution is -0.136. The van der Waals surface area contributed by atoms with Crippen LogP contribution in [0.25, 0.3) is 0 Å². The molecule has 3 aromatic carbocycles. The molecule has 0 bridgehead atoms. The van der Waals surface area contributed by atoms with Gasteiger partial charge in [0.1, 0.15) is 5.70 Å². The number of fused-ring (bicyclic) bond motifs is 1. The van der Waals surface area contributed by atoms with E-state index in [0.717, 1.165) is 32.8 Å². The number of hydrogen-bond acceptors (Lipinski definition) is 4. The van der Waals surface area contributed by atoms with Gasteiger partial charge in [0, 0.05) is 18.4 Å². The lowest BCUT2D eigenvalue weighted by Crippen LogP contribution is -2.32. The van der Waals surface area contributed by atoms with Crippen LogP contribution in [0, 0.1) is 13.8 Å². The highest BCUT2D eigenvalue weighted by atomic mass is 16.2. The molecule has 6 heteroatoms. The van der Waals surface area contributed by atoms with Crippen LogP contribution in [0.3, 0.4) is 0 Å². The molecule has 0 aromatic heterocycles. The highest BCUT2D eigenvalue weighted by Crippen LogP contribution is 2.45. The fraction of sp³-hybridized carbons (Fsp3) is 0.179. The minimum absolute atomic E-state index is 0.156. The Morgan fingerprint density at radius 2 is 1.50 bits per heavy atom. The van der Waals surface area contributed by atoms with Gasteiger partial charge in [-0.05, 0) is 43.2 Å². The van der Waals surface area contributed by atoms with Crippen molar-refractivity contribution in [2.75, 3.05) is 17.3 Å². The lowest BCUT2D eigenvalue weighted by atomic mass is 9.90. The number of hydrogen-bond donors (Lipinski definition) is 1. The number of carbonyl (C=O) groups excluding carboxylic acids is 3. The fourth-order valence-electron chi connectivity index (χ4n) is 4.60. The highest BCUT2D eigenvalue weighted by Gasteiger charge is 2.48. The average Bonchev–Trinajstić information content (AvgIpc) is 3.20. The molecule has 0 saturated carbocycles. The molecule has 1 atom stereocenters. The van der Waals surface area contributed by atoms with Crippen molar-refractivity contribution in [2.45, 2.75) is 26.3 Å². The molecule has 34 heavy (non-hydrogen) atoms. The Hall–Kier alpha value is -4.19. The van der Waals surface area contributed by atoms with Gasteiger partial charge in [0.05, 0.1) is 18.0 Å². The summed E-state index contributed by atoms with van der Waals surface area (Å²) in [5.41, 5.74) is 5.60. The molecule has 2 heterocycles. The quantitative estimate of drug-likeness (QED) is 0.588. The molecule has 6 nitrogen and oxygen atoms in total. The summed E-state index contributed by atoms with van der Waals surface area (Å²) in [5, 5.41) is 3.13. The number of carbonyl (C=O) groups is 3. The van der Waals surface area contributed by atoms with Gasteiger partial charge in [-0.3, -0.25) is 19.3 Å². The summed E-state index contributed by atoms with van der Waals surface area (Å²) in [5.74, 6) is -1.96. The lowest BCUT2D eigenvalue weighted by Gasteiger charge is -2.18. The molecule has 2 aliphatic heterocycles. The second kappa shape index (κ2) is 8.30. The van der Waals surface area contributed by atoms with E-state index >= 15 is 0 Å². The number of nitrogens with one attached hydrogen (secondary N) is 1. The average molecular weight is 452 g/mol. The normalized spacial score (nSPS) is 17.6. The molecule has 0 radical (unpaired) electrons. The zero-order valence-electron chi connectivity index (χ0n) is 19.3. The van der Waals surface area contributed by atoms with E-state index in [1.165, 1.54) is 7.05 Å². The first kappa shape index (κ1) is 21.6. The molecule has 3 aromatic rings. The van der Waals surface area contributed by atoms with Crippen LogP contribution in [0.4, 0.5) is 11.4 Å². The van der Waals surface area contributed by atoms with Gasteiger partial charge in [-0.1, -0.05) is 65.7 Å². The molecule has 3 amide bonds. The van der Waals surface area contributed by atoms with Crippen molar-refractivity contribution in [3.63, 3.8) is 0 Å². The molecule has 2 aliphatic rings. The fourth-order valence-corrected chi connectivity index (χ4v) is 4.60. The van der Waals surface area contributed by atoms with Crippen molar-refractivity contribution in [1.82, 2.24) is 4.90 Å². The first-order valence-electron chi connectivity index (χ1n) is 11.2. The van der Waals surface area contributed by atoms with Crippen LogP contribution in [-0.2, 0) is 20.9 Å². The molecule has 0 spiro atoms. The number of likely N-dealkylation sites (N-methyl/N-ethyl adjacent to an activating group) is 1. The summed E-state index contributed by atoms with van der Waals surface area (Å²) in [6, 6.07) is 23.1. The minimum atomic E-state index is -0.854. The van der Waals surface area contributed by atoms with Crippen molar-refractivity contribution in [2.24, 2.45) is 0 Å². The molecule has 1 N–H and O–H groups in total. The molecule has 5 rings (SSSR count). The molecule has 1 unspecified atom stereocenters. The third kappa shape index (κ3) is 3.57. The summed E-state index contributed by atoms with van der Waals surface area (Å²) in [6.45, 7) is 4.32. The van der Waals surface area contributed by atoms with Crippen molar-refractivity contribution in [1.29, 1.82) is 0 Å². The van der Waals surface area contributed by atoms with Crippen LogP contribution in [0.15, 0.2) is 84.1 Å². The SMILES string of the molecule is Cc1ccc(NC2=C(C3C(=O)N(Cc4ccccc4)c4ccc(C)cc43)C(=O)N(C)C2=O)cc1. The van der Waals surface area contributed by atoms with E-state index in [9.17, 15) is 14.4 Å². The van der Waals surface area contributed by atoms with Crippen molar-refractivity contribution in [3.8, 4) is 0 Å². The topological polar surface area (TPSA) is 69.7 Å². The predicted molar refractivity (Wildman–Crippen MR) is 131 cm³/mol. The largest absolute Gasteiger partial charge is 0.351 e. The maximum Gasteiger partial charge on any atom is 0.277 e. The van der Waals surface area contributed by atoms with Crippen LogP contribution < -0.4 is 10.2 Å². The molecular weight excluding hydrogens is 426 g/mol. The number of amides is 3. The van der Waals surface area contributed by atoms with Crippen LogP contribution in [-0.4, -0.2) is 29.7 Å². The minimum Gasteiger partial charge on any atom is -0.351 e. The van der Waals surface area contributed by atoms with E-state index in [1.807, 2.05) is 86.6 Å². The summed E-state index contributed by atoms with van der Waals surface area (Å²) in [4.78, 5) is 43.0. The van der Waals surface area contributed by atoms with Gasteiger partial charge in [-0.2, -0.15) is 0 Å². The van der Waals surface area contributed by atoms with E-state index in [0.29, 0.717) is 12.2 Å². The Morgan fingerprint density at radius 1 is 0.824 bits per heavy atom. The van der Waals surface area contributed by atoms with E-state index in [-0.39, 0.29) is 17.2 Å². The van der Waals surface area contributed by atoms with E-state index < -0.39 is 17.7 Å². The van der Waals surface area contributed by atoms with Gasteiger partial charge in [-0.15, -0.1) is 0 Å². The first-order chi connectivity index (χ1) is 16.3. The number of anilines is 2. The maximum atomic E-state index is 13.8. The third-order valence-electron chi connectivity index (χ3n) is 6.41. The van der Waals surface area contributed by atoms with Gasteiger partial charge >= 0.3 is 0 Å². The zero-order chi connectivity index (χ0) is 24.0. The Bertz CT molecular complexity index is 1340. The summed E-state index contributed by atoms with van der Waals surface area (Å²) in [6.07, 6.45) is 0. The first-order valence-corrected chi connectivity index (χ1v) is 11.2. The van der Waals surface area contributed by atoms with Crippen LogP contribution in [0.1, 0.15) is 28.2 Å². The number of nitrogens with zero attached hydrogens (tertiary/aromatic N) is 2. The number of aryl methyl sites for hydroxylation is 2. The van der Waals surface area contributed by atoms with Crippen molar-refractivity contribution >= 4 is 29.1 Å². The van der Waals surface area contributed by atoms with Crippen molar-refractivity contribution < 1.29 is 14.4 Å². The number of rotatable bonds is 5. The maximum absolute atomic E-state index is 13.8. The Morgan fingerprint density at radius 3 is 2.21 bits per heavy atom. The Labute approximate surface area is 198 Å². The third-order valence-corrected chi connectivity index (χ3v) is 6.41.